The van der Waals surface area contributed by atoms with Crippen LogP contribution < -0.4 is 0 Å². The first kappa shape index (κ1) is 21.5. The first-order chi connectivity index (χ1) is 13.7. The van der Waals surface area contributed by atoms with Gasteiger partial charge in [0.2, 0.25) is 5.91 Å². The minimum atomic E-state index is -0.186. The number of nitrogens with zero attached hydrogens (tertiary/aromatic N) is 4. The van der Waals surface area contributed by atoms with Crippen molar-refractivity contribution in [3.63, 3.8) is 0 Å². The Morgan fingerprint density at radius 1 is 0.893 bits per heavy atom. The van der Waals surface area contributed by atoms with Gasteiger partial charge in [-0.3, -0.25) is 14.6 Å². The Morgan fingerprint density at radius 3 is 2.21 bits per heavy atom. The number of hydrogen-bond donors (Lipinski definition) is 0. The maximum absolute atomic E-state index is 12.9. The van der Waals surface area contributed by atoms with Gasteiger partial charge in [0.15, 0.2) is 0 Å². The minimum absolute atomic E-state index is 0.0976. The lowest BCUT2D eigenvalue weighted by atomic mass is 10.1. The second kappa shape index (κ2) is 11.8. The van der Waals surface area contributed by atoms with Crippen molar-refractivity contribution < 1.29 is 9.59 Å². The summed E-state index contributed by atoms with van der Waals surface area (Å²) in [6, 6.07) is 10.0. The maximum Gasteiger partial charge on any atom is 0.274 e. The van der Waals surface area contributed by atoms with E-state index < -0.39 is 0 Å². The Bertz CT molecular complexity index is 716. The topological polar surface area (TPSA) is 66.4 Å². The molecule has 2 aromatic rings. The lowest BCUT2D eigenvalue weighted by Gasteiger charge is -2.25. The number of aromatic nitrogens is 2. The standard InChI is InChI=1S/C22H30N4O2/c1-3-14-25(15-4-2)21(27)11-17-26(16-10-19-8-6-5-7-9-19)22(28)20-18-23-12-13-24-20/h5-9,12-13,18H,3-4,10-11,14-17H2,1-2H3. The highest BCUT2D eigenvalue weighted by Gasteiger charge is 2.20. The van der Waals surface area contributed by atoms with Crippen LogP contribution in [0.15, 0.2) is 48.9 Å². The quantitative estimate of drug-likeness (QED) is 0.599. The fraction of sp³-hybridized carbons (Fsp3) is 0.455. The Balaban J connectivity index is 2.04. The van der Waals surface area contributed by atoms with Gasteiger partial charge < -0.3 is 9.80 Å². The molecule has 6 nitrogen and oxygen atoms in total. The molecule has 2 amide bonds. The zero-order chi connectivity index (χ0) is 20.2. The van der Waals surface area contributed by atoms with Gasteiger partial charge in [-0.1, -0.05) is 44.2 Å². The molecule has 0 atom stereocenters. The van der Waals surface area contributed by atoms with Crippen molar-refractivity contribution in [1.29, 1.82) is 0 Å². The van der Waals surface area contributed by atoms with Crippen LogP contribution in [0.1, 0.15) is 49.2 Å². The van der Waals surface area contributed by atoms with Crippen LogP contribution in [0.5, 0.6) is 0 Å². The van der Waals surface area contributed by atoms with E-state index in [4.69, 9.17) is 0 Å². The van der Waals surface area contributed by atoms with Gasteiger partial charge in [0.1, 0.15) is 5.69 Å². The van der Waals surface area contributed by atoms with Crippen LogP contribution in [0.3, 0.4) is 0 Å². The monoisotopic (exact) mass is 382 g/mol. The Hall–Kier alpha value is -2.76. The summed E-state index contributed by atoms with van der Waals surface area (Å²) in [5, 5.41) is 0. The van der Waals surface area contributed by atoms with E-state index >= 15 is 0 Å². The molecule has 0 aliphatic carbocycles. The van der Waals surface area contributed by atoms with E-state index in [1.165, 1.54) is 12.4 Å². The lowest BCUT2D eigenvalue weighted by Crippen LogP contribution is -2.39. The van der Waals surface area contributed by atoms with Gasteiger partial charge in [-0.15, -0.1) is 0 Å². The lowest BCUT2D eigenvalue weighted by molar-refractivity contribution is -0.131. The van der Waals surface area contributed by atoms with Crippen LogP contribution in [-0.4, -0.2) is 57.8 Å². The van der Waals surface area contributed by atoms with E-state index in [-0.39, 0.29) is 11.8 Å². The Morgan fingerprint density at radius 2 is 1.61 bits per heavy atom. The van der Waals surface area contributed by atoms with Gasteiger partial charge in [0.05, 0.1) is 6.20 Å². The zero-order valence-corrected chi connectivity index (χ0v) is 16.9. The second-order valence-corrected chi connectivity index (χ2v) is 6.75. The predicted octanol–water partition coefficient (Wildman–Crippen LogP) is 3.20. The number of benzene rings is 1. The Kier molecular flexibility index (Phi) is 9.11. The molecule has 1 aromatic heterocycles. The number of carbonyl (C=O) groups is 2. The van der Waals surface area contributed by atoms with Crippen molar-refractivity contribution in [2.75, 3.05) is 26.2 Å². The van der Waals surface area contributed by atoms with Gasteiger partial charge in [-0.05, 0) is 24.8 Å². The fourth-order valence-corrected chi connectivity index (χ4v) is 3.08. The average Bonchev–Trinajstić information content (AvgIpc) is 2.74. The molecule has 0 aliphatic heterocycles. The molecule has 0 N–H and O–H groups in total. The highest BCUT2D eigenvalue weighted by molar-refractivity contribution is 5.92. The number of hydrogen-bond acceptors (Lipinski definition) is 4. The predicted molar refractivity (Wildman–Crippen MR) is 110 cm³/mol. The van der Waals surface area contributed by atoms with Crippen molar-refractivity contribution >= 4 is 11.8 Å². The highest BCUT2D eigenvalue weighted by Crippen LogP contribution is 2.08. The molecule has 0 spiro atoms. The van der Waals surface area contributed by atoms with Crippen molar-refractivity contribution in [3.05, 3.63) is 60.2 Å². The van der Waals surface area contributed by atoms with Gasteiger partial charge in [0.25, 0.3) is 5.91 Å². The fourth-order valence-electron chi connectivity index (χ4n) is 3.08. The molecule has 2 rings (SSSR count). The van der Waals surface area contributed by atoms with Crippen molar-refractivity contribution in [2.45, 2.75) is 39.5 Å². The van der Waals surface area contributed by atoms with Gasteiger partial charge >= 0.3 is 0 Å². The molecule has 0 radical (unpaired) electrons. The summed E-state index contributed by atoms with van der Waals surface area (Å²) in [6.45, 7) is 6.57. The molecule has 0 fully saturated rings. The van der Waals surface area contributed by atoms with Crippen LogP contribution in [0.4, 0.5) is 0 Å². The molecule has 0 saturated heterocycles. The average molecular weight is 383 g/mol. The molecule has 0 bridgehead atoms. The summed E-state index contributed by atoms with van der Waals surface area (Å²) in [7, 11) is 0. The molecule has 0 aliphatic rings. The smallest absolute Gasteiger partial charge is 0.274 e. The highest BCUT2D eigenvalue weighted by atomic mass is 16.2. The molecule has 150 valence electrons. The normalized spacial score (nSPS) is 10.5. The molecular formula is C22H30N4O2. The molecule has 1 aromatic carbocycles. The largest absolute Gasteiger partial charge is 0.343 e. The summed E-state index contributed by atoms with van der Waals surface area (Å²) < 4.78 is 0. The number of amides is 2. The summed E-state index contributed by atoms with van der Waals surface area (Å²) in [6.07, 6.45) is 7.44. The van der Waals surface area contributed by atoms with E-state index in [9.17, 15) is 9.59 Å². The second-order valence-electron chi connectivity index (χ2n) is 6.75. The van der Waals surface area contributed by atoms with E-state index in [0.29, 0.717) is 25.2 Å². The molecule has 0 saturated carbocycles. The molecule has 1 heterocycles. The van der Waals surface area contributed by atoms with Crippen molar-refractivity contribution in [1.82, 2.24) is 19.8 Å². The molecular weight excluding hydrogens is 352 g/mol. The van der Waals surface area contributed by atoms with E-state index in [1.54, 1.807) is 11.1 Å². The van der Waals surface area contributed by atoms with E-state index in [2.05, 4.69) is 23.8 Å². The van der Waals surface area contributed by atoms with Gasteiger partial charge in [-0.2, -0.15) is 0 Å². The third kappa shape index (κ3) is 6.76. The zero-order valence-electron chi connectivity index (χ0n) is 16.9. The summed E-state index contributed by atoms with van der Waals surface area (Å²) in [5.74, 6) is -0.0882. The maximum atomic E-state index is 12.9. The van der Waals surface area contributed by atoms with Crippen molar-refractivity contribution in [2.24, 2.45) is 0 Å². The molecule has 6 heteroatoms. The molecule has 0 unspecified atom stereocenters. The third-order valence-corrected chi connectivity index (χ3v) is 4.52. The summed E-state index contributed by atoms with van der Waals surface area (Å²) in [5.41, 5.74) is 1.46. The SMILES string of the molecule is CCCN(CCC)C(=O)CCN(CCc1ccccc1)C(=O)c1cnccn1. The number of rotatable bonds is 11. The summed E-state index contributed by atoms with van der Waals surface area (Å²) >= 11 is 0. The van der Waals surface area contributed by atoms with Crippen LogP contribution >= 0.6 is 0 Å². The van der Waals surface area contributed by atoms with Crippen LogP contribution in [0, 0.1) is 0 Å². The van der Waals surface area contributed by atoms with Gasteiger partial charge in [0, 0.05) is 45.0 Å². The number of carbonyl (C=O) groups excluding carboxylic acids is 2. The third-order valence-electron chi connectivity index (χ3n) is 4.52. The van der Waals surface area contributed by atoms with Crippen LogP contribution in [-0.2, 0) is 11.2 Å². The molecule has 28 heavy (non-hydrogen) atoms. The van der Waals surface area contributed by atoms with E-state index in [1.807, 2.05) is 35.2 Å². The van der Waals surface area contributed by atoms with E-state index in [0.717, 1.165) is 37.9 Å². The van der Waals surface area contributed by atoms with Crippen LogP contribution in [0.25, 0.3) is 0 Å². The van der Waals surface area contributed by atoms with Gasteiger partial charge in [-0.25, -0.2) is 4.98 Å². The first-order valence-electron chi connectivity index (χ1n) is 10.0. The van der Waals surface area contributed by atoms with Crippen LogP contribution in [0.2, 0.25) is 0 Å². The summed E-state index contributed by atoms with van der Waals surface area (Å²) in [4.78, 5) is 37.2. The van der Waals surface area contributed by atoms with Crippen molar-refractivity contribution in [3.8, 4) is 0 Å². The minimum Gasteiger partial charge on any atom is -0.343 e. The first-order valence-corrected chi connectivity index (χ1v) is 10.0. The Labute approximate surface area is 167 Å².